The number of amides is 1. The van der Waals surface area contributed by atoms with Crippen LogP contribution in [0.4, 0.5) is 0 Å². The van der Waals surface area contributed by atoms with E-state index >= 15 is 0 Å². The maximum Gasteiger partial charge on any atom is 0.251 e. The molecule has 7 heteroatoms. The number of nitrogens with one attached hydrogen (secondary N) is 1. The van der Waals surface area contributed by atoms with Gasteiger partial charge in [0.05, 0.1) is 25.0 Å². The van der Waals surface area contributed by atoms with E-state index in [1.165, 1.54) is 6.26 Å². The molecule has 6 nitrogen and oxygen atoms in total. The van der Waals surface area contributed by atoms with Crippen LogP contribution in [0.5, 0.6) is 11.5 Å². The first-order valence-corrected chi connectivity index (χ1v) is 11.1. The van der Waals surface area contributed by atoms with Gasteiger partial charge in [0.15, 0.2) is 21.3 Å². The summed E-state index contributed by atoms with van der Waals surface area (Å²) < 4.78 is 34.1. The number of methoxy groups -OCH3 is 1. The van der Waals surface area contributed by atoms with Crippen LogP contribution in [0.1, 0.15) is 48.3 Å². The van der Waals surface area contributed by atoms with Gasteiger partial charge in [0.25, 0.3) is 5.91 Å². The molecule has 1 N–H and O–H groups in total. The van der Waals surface area contributed by atoms with Crippen LogP contribution in [0.2, 0.25) is 0 Å². The molecular formula is C21H27NO5S. The summed E-state index contributed by atoms with van der Waals surface area (Å²) in [6, 6.07) is 11.9. The van der Waals surface area contributed by atoms with Crippen molar-refractivity contribution in [3.63, 3.8) is 0 Å². The second-order valence-electron chi connectivity index (χ2n) is 7.04. The number of benzene rings is 2. The molecule has 0 radical (unpaired) electrons. The standard InChI is InChI=1S/C21H27NO5S/c1-14(2)27-19-10-9-17(12-20(19)26-4)15(3)22-21(23)18-8-6-7-16(11-18)13-28(5,24)25/h6-12,14-15H,13H2,1-5H3,(H,22,23). The highest BCUT2D eigenvalue weighted by Gasteiger charge is 2.15. The molecule has 0 saturated heterocycles. The SMILES string of the molecule is COc1cc(C(C)NC(=O)c2cccc(CS(C)(=O)=O)c2)ccc1OC(C)C. The molecule has 152 valence electrons. The third-order valence-corrected chi connectivity index (χ3v) is 4.87. The van der Waals surface area contributed by atoms with Crippen LogP contribution in [-0.2, 0) is 15.6 Å². The zero-order valence-electron chi connectivity index (χ0n) is 16.9. The zero-order chi connectivity index (χ0) is 20.9. The topological polar surface area (TPSA) is 81.7 Å². The van der Waals surface area contributed by atoms with Crippen molar-refractivity contribution in [2.24, 2.45) is 0 Å². The molecular weight excluding hydrogens is 378 g/mol. The number of hydrogen-bond acceptors (Lipinski definition) is 5. The molecule has 2 rings (SSSR count). The van der Waals surface area contributed by atoms with Gasteiger partial charge in [-0.3, -0.25) is 4.79 Å². The van der Waals surface area contributed by atoms with Crippen molar-refractivity contribution >= 4 is 15.7 Å². The van der Waals surface area contributed by atoms with Gasteiger partial charge in [-0.25, -0.2) is 8.42 Å². The normalized spacial score (nSPS) is 12.5. The smallest absolute Gasteiger partial charge is 0.251 e. The first-order valence-electron chi connectivity index (χ1n) is 9.01. The molecule has 0 aliphatic rings. The lowest BCUT2D eigenvalue weighted by atomic mass is 10.1. The van der Waals surface area contributed by atoms with E-state index in [1.54, 1.807) is 31.4 Å². The van der Waals surface area contributed by atoms with E-state index in [0.717, 1.165) is 5.56 Å². The molecule has 0 aromatic heterocycles. The molecule has 0 heterocycles. The lowest BCUT2D eigenvalue weighted by molar-refractivity contribution is 0.0939. The van der Waals surface area contributed by atoms with Crippen LogP contribution in [0.3, 0.4) is 0 Å². The Kier molecular flexibility index (Phi) is 7.07. The maximum absolute atomic E-state index is 12.6. The molecule has 0 bridgehead atoms. The molecule has 0 fully saturated rings. The highest BCUT2D eigenvalue weighted by atomic mass is 32.2. The number of sulfone groups is 1. The molecule has 2 aromatic carbocycles. The van der Waals surface area contributed by atoms with Crippen molar-refractivity contribution in [3.05, 3.63) is 59.2 Å². The van der Waals surface area contributed by atoms with Gasteiger partial charge in [0.2, 0.25) is 0 Å². The van der Waals surface area contributed by atoms with Crippen molar-refractivity contribution < 1.29 is 22.7 Å². The Morgan fingerprint density at radius 3 is 2.39 bits per heavy atom. The van der Waals surface area contributed by atoms with Crippen LogP contribution in [-0.4, -0.2) is 33.8 Å². The van der Waals surface area contributed by atoms with Crippen molar-refractivity contribution in [1.82, 2.24) is 5.32 Å². The van der Waals surface area contributed by atoms with Gasteiger partial charge in [-0.2, -0.15) is 0 Å². The Balaban J connectivity index is 2.15. The quantitative estimate of drug-likeness (QED) is 0.727. The summed E-state index contributed by atoms with van der Waals surface area (Å²) in [6.45, 7) is 5.75. The average Bonchev–Trinajstić information content (AvgIpc) is 2.60. The minimum atomic E-state index is -3.16. The van der Waals surface area contributed by atoms with Crippen LogP contribution in [0, 0.1) is 0 Å². The van der Waals surface area contributed by atoms with Crippen LogP contribution >= 0.6 is 0 Å². The minimum absolute atomic E-state index is 0.0242. The van der Waals surface area contributed by atoms with Gasteiger partial charge >= 0.3 is 0 Å². The largest absolute Gasteiger partial charge is 0.493 e. The fourth-order valence-corrected chi connectivity index (χ4v) is 3.56. The summed E-state index contributed by atoms with van der Waals surface area (Å²) in [5, 5.41) is 2.93. The lowest BCUT2D eigenvalue weighted by Crippen LogP contribution is -2.26. The highest BCUT2D eigenvalue weighted by molar-refractivity contribution is 7.89. The second-order valence-corrected chi connectivity index (χ2v) is 9.18. The summed E-state index contributed by atoms with van der Waals surface area (Å²) >= 11 is 0. The van der Waals surface area contributed by atoms with E-state index in [1.807, 2.05) is 39.0 Å². The predicted octanol–water partition coefficient (Wildman–Crippen LogP) is 3.52. The van der Waals surface area contributed by atoms with Gasteiger partial charge in [-0.05, 0) is 56.2 Å². The van der Waals surface area contributed by atoms with E-state index in [-0.39, 0.29) is 23.8 Å². The lowest BCUT2D eigenvalue weighted by Gasteiger charge is -2.18. The third-order valence-electron chi connectivity index (χ3n) is 4.02. The van der Waals surface area contributed by atoms with Crippen LogP contribution in [0.25, 0.3) is 0 Å². The Bertz CT molecular complexity index is 938. The molecule has 1 unspecified atom stereocenters. The van der Waals surface area contributed by atoms with Crippen LogP contribution in [0.15, 0.2) is 42.5 Å². The molecule has 0 spiro atoms. The van der Waals surface area contributed by atoms with Crippen molar-refractivity contribution in [2.45, 2.75) is 38.7 Å². The highest BCUT2D eigenvalue weighted by Crippen LogP contribution is 2.31. The molecule has 28 heavy (non-hydrogen) atoms. The Hall–Kier alpha value is -2.54. The maximum atomic E-state index is 12.6. The summed E-state index contributed by atoms with van der Waals surface area (Å²) in [4.78, 5) is 12.6. The summed E-state index contributed by atoms with van der Waals surface area (Å²) in [7, 11) is -1.59. The molecule has 2 aromatic rings. The molecule has 0 aliphatic carbocycles. The molecule has 1 atom stereocenters. The number of rotatable bonds is 8. The van der Waals surface area contributed by atoms with E-state index in [2.05, 4.69) is 5.32 Å². The van der Waals surface area contributed by atoms with Crippen molar-refractivity contribution in [2.75, 3.05) is 13.4 Å². The van der Waals surface area contributed by atoms with E-state index in [0.29, 0.717) is 22.6 Å². The first kappa shape index (κ1) is 21.8. The monoisotopic (exact) mass is 405 g/mol. The average molecular weight is 406 g/mol. The number of ether oxygens (including phenoxy) is 2. The summed E-state index contributed by atoms with van der Waals surface area (Å²) in [5.74, 6) is 0.873. The van der Waals surface area contributed by atoms with Gasteiger partial charge in [-0.15, -0.1) is 0 Å². The van der Waals surface area contributed by atoms with E-state index < -0.39 is 9.84 Å². The number of carbonyl (C=O) groups is 1. The number of carbonyl (C=O) groups excluding carboxylic acids is 1. The Morgan fingerprint density at radius 1 is 1.07 bits per heavy atom. The molecule has 1 amide bonds. The van der Waals surface area contributed by atoms with Gasteiger partial charge < -0.3 is 14.8 Å². The Morgan fingerprint density at radius 2 is 1.79 bits per heavy atom. The van der Waals surface area contributed by atoms with Crippen LogP contribution < -0.4 is 14.8 Å². The fourth-order valence-electron chi connectivity index (χ4n) is 2.77. The Labute approximate surface area is 166 Å². The first-order chi connectivity index (χ1) is 13.1. The van der Waals surface area contributed by atoms with E-state index in [4.69, 9.17) is 9.47 Å². The van der Waals surface area contributed by atoms with Gasteiger partial charge in [0, 0.05) is 11.8 Å². The second kappa shape index (κ2) is 9.10. The molecule has 0 aliphatic heterocycles. The minimum Gasteiger partial charge on any atom is -0.493 e. The third kappa shape index (κ3) is 6.27. The number of hydrogen-bond donors (Lipinski definition) is 1. The summed E-state index contributed by atoms with van der Waals surface area (Å²) in [5.41, 5.74) is 1.87. The molecule has 0 saturated carbocycles. The van der Waals surface area contributed by atoms with Crippen molar-refractivity contribution in [1.29, 1.82) is 0 Å². The van der Waals surface area contributed by atoms with Gasteiger partial charge in [0.1, 0.15) is 0 Å². The predicted molar refractivity (Wildman–Crippen MR) is 110 cm³/mol. The van der Waals surface area contributed by atoms with Gasteiger partial charge in [-0.1, -0.05) is 18.2 Å². The zero-order valence-corrected chi connectivity index (χ0v) is 17.7. The van der Waals surface area contributed by atoms with Crippen molar-refractivity contribution in [3.8, 4) is 11.5 Å². The fraction of sp³-hybridized carbons (Fsp3) is 0.381. The summed E-state index contributed by atoms with van der Waals surface area (Å²) in [6.07, 6.45) is 1.19. The van der Waals surface area contributed by atoms with E-state index in [9.17, 15) is 13.2 Å².